The standard InChI is InChI=1S/C14H14.C2H6/c1-2-10-6-7-12-9-8-11-4-3-5-13(10)14(11)12;1-2/h3-7H,2,8-9H2,1H3;1-2H3. The molecule has 1 aliphatic carbocycles. The molecule has 0 amide bonds. The van der Waals surface area contributed by atoms with Crippen molar-refractivity contribution in [3.63, 3.8) is 0 Å². The van der Waals surface area contributed by atoms with Gasteiger partial charge in [0.1, 0.15) is 0 Å². The third-order valence-electron chi connectivity index (χ3n) is 3.35. The summed E-state index contributed by atoms with van der Waals surface area (Å²) in [6.45, 7) is 6.24. The van der Waals surface area contributed by atoms with Crippen molar-refractivity contribution in [2.45, 2.75) is 40.0 Å². The van der Waals surface area contributed by atoms with Gasteiger partial charge in [0.05, 0.1) is 0 Å². The van der Waals surface area contributed by atoms with E-state index in [0.717, 1.165) is 6.42 Å². The highest BCUT2D eigenvalue weighted by Gasteiger charge is 2.14. The van der Waals surface area contributed by atoms with Crippen LogP contribution in [0.5, 0.6) is 0 Å². The van der Waals surface area contributed by atoms with E-state index in [2.05, 4.69) is 37.3 Å². The Kier molecular flexibility index (Phi) is 3.28. The number of hydrogen-bond acceptors (Lipinski definition) is 0. The van der Waals surface area contributed by atoms with Crippen LogP contribution < -0.4 is 0 Å². The van der Waals surface area contributed by atoms with E-state index >= 15 is 0 Å². The third kappa shape index (κ3) is 1.63. The molecule has 0 spiro atoms. The maximum absolute atomic E-state index is 2.32. The lowest BCUT2D eigenvalue weighted by Crippen LogP contribution is -1.86. The predicted molar refractivity (Wildman–Crippen MR) is 72.1 cm³/mol. The van der Waals surface area contributed by atoms with Gasteiger partial charge >= 0.3 is 0 Å². The van der Waals surface area contributed by atoms with Crippen LogP contribution in [0.1, 0.15) is 37.5 Å². The topological polar surface area (TPSA) is 0 Å². The summed E-state index contributed by atoms with van der Waals surface area (Å²) < 4.78 is 0. The van der Waals surface area contributed by atoms with Crippen molar-refractivity contribution in [1.82, 2.24) is 0 Å². The van der Waals surface area contributed by atoms with Gasteiger partial charge in [0.15, 0.2) is 0 Å². The zero-order valence-electron chi connectivity index (χ0n) is 10.5. The van der Waals surface area contributed by atoms with Crippen LogP contribution in [0.15, 0.2) is 30.3 Å². The van der Waals surface area contributed by atoms with Crippen molar-refractivity contribution in [1.29, 1.82) is 0 Å². The van der Waals surface area contributed by atoms with Crippen molar-refractivity contribution < 1.29 is 0 Å². The molecule has 0 radical (unpaired) electrons. The van der Waals surface area contributed by atoms with Gasteiger partial charge in [-0.15, -0.1) is 0 Å². The molecular weight excluding hydrogens is 192 g/mol. The first-order valence-corrected chi connectivity index (χ1v) is 6.42. The molecule has 1 aliphatic rings. The molecule has 84 valence electrons. The molecule has 0 heterocycles. The van der Waals surface area contributed by atoms with E-state index in [1.54, 1.807) is 16.5 Å². The molecule has 0 unspecified atom stereocenters. The van der Waals surface area contributed by atoms with Crippen LogP contribution in [0.25, 0.3) is 10.8 Å². The summed E-state index contributed by atoms with van der Waals surface area (Å²) in [5.41, 5.74) is 4.59. The van der Waals surface area contributed by atoms with Gasteiger partial charge < -0.3 is 0 Å². The molecule has 0 N–H and O–H groups in total. The first-order valence-electron chi connectivity index (χ1n) is 6.42. The molecule has 0 aliphatic heterocycles. The van der Waals surface area contributed by atoms with Gasteiger partial charge in [-0.25, -0.2) is 0 Å². The van der Waals surface area contributed by atoms with Gasteiger partial charge in [-0.05, 0) is 46.7 Å². The normalized spacial score (nSPS) is 12.4. The average molecular weight is 212 g/mol. The summed E-state index contributed by atoms with van der Waals surface area (Å²) in [5.74, 6) is 0. The van der Waals surface area contributed by atoms with Gasteiger partial charge in [0.25, 0.3) is 0 Å². The number of rotatable bonds is 1. The Labute approximate surface area is 98.3 Å². The second-order valence-electron chi connectivity index (χ2n) is 4.08. The van der Waals surface area contributed by atoms with E-state index < -0.39 is 0 Å². The largest absolute Gasteiger partial charge is 0.0683 e. The van der Waals surface area contributed by atoms with Crippen molar-refractivity contribution in [3.05, 3.63) is 47.0 Å². The van der Waals surface area contributed by atoms with E-state index in [0.29, 0.717) is 0 Å². The van der Waals surface area contributed by atoms with Gasteiger partial charge in [-0.2, -0.15) is 0 Å². The highest BCUT2D eigenvalue weighted by Crippen LogP contribution is 2.32. The molecule has 0 fully saturated rings. The van der Waals surface area contributed by atoms with Crippen LogP contribution in [0.4, 0.5) is 0 Å². The molecule has 0 heteroatoms. The summed E-state index contributed by atoms with van der Waals surface area (Å²) in [6.07, 6.45) is 3.61. The van der Waals surface area contributed by atoms with E-state index in [1.165, 1.54) is 23.8 Å². The Morgan fingerprint density at radius 3 is 2.31 bits per heavy atom. The highest BCUT2D eigenvalue weighted by atomic mass is 14.2. The van der Waals surface area contributed by atoms with Gasteiger partial charge in [0.2, 0.25) is 0 Å². The second-order valence-corrected chi connectivity index (χ2v) is 4.08. The van der Waals surface area contributed by atoms with Gasteiger partial charge in [-0.1, -0.05) is 51.1 Å². The van der Waals surface area contributed by atoms with Crippen LogP contribution in [0.3, 0.4) is 0 Å². The zero-order chi connectivity index (χ0) is 11.5. The Morgan fingerprint density at radius 2 is 1.62 bits per heavy atom. The summed E-state index contributed by atoms with van der Waals surface area (Å²) in [5, 5.41) is 3.03. The maximum Gasteiger partial charge on any atom is -0.0117 e. The smallest absolute Gasteiger partial charge is 0.0117 e. The van der Waals surface area contributed by atoms with Crippen LogP contribution in [-0.2, 0) is 19.3 Å². The third-order valence-corrected chi connectivity index (χ3v) is 3.35. The number of benzene rings is 2. The van der Waals surface area contributed by atoms with Gasteiger partial charge in [-0.3, -0.25) is 0 Å². The van der Waals surface area contributed by atoms with Crippen LogP contribution in [-0.4, -0.2) is 0 Å². The van der Waals surface area contributed by atoms with E-state index in [1.807, 2.05) is 13.8 Å². The second kappa shape index (κ2) is 4.69. The average Bonchev–Trinajstić information content (AvgIpc) is 2.78. The van der Waals surface area contributed by atoms with Gasteiger partial charge in [0, 0.05) is 0 Å². The Hall–Kier alpha value is -1.30. The minimum Gasteiger partial charge on any atom is -0.0683 e. The molecular formula is C16H20. The van der Waals surface area contributed by atoms with E-state index in [9.17, 15) is 0 Å². The molecule has 3 rings (SSSR count). The molecule has 0 saturated heterocycles. The van der Waals surface area contributed by atoms with Crippen LogP contribution in [0.2, 0.25) is 0 Å². The Morgan fingerprint density at radius 1 is 0.938 bits per heavy atom. The monoisotopic (exact) mass is 212 g/mol. The lowest BCUT2D eigenvalue weighted by atomic mass is 9.99. The minimum absolute atomic E-state index is 1.14. The highest BCUT2D eigenvalue weighted by molar-refractivity contribution is 5.93. The summed E-state index contributed by atoms with van der Waals surface area (Å²) in [4.78, 5) is 0. The van der Waals surface area contributed by atoms with Crippen molar-refractivity contribution in [2.75, 3.05) is 0 Å². The van der Waals surface area contributed by atoms with E-state index in [-0.39, 0.29) is 0 Å². The molecule has 2 aromatic carbocycles. The molecule has 16 heavy (non-hydrogen) atoms. The quantitative estimate of drug-likeness (QED) is 0.651. The lowest BCUT2D eigenvalue weighted by Gasteiger charge is -2.06. The SMILES string of the molecule is CC.CCc1ccc2c3c(cccc13)CC2. The molecule has 0 nitrogen and oxygen atoms in total. The lowest BCUT2D eigenvalue weighted by molar-refractivity contribution is 1.02. The molecule has 0 bridgehead atoms. The fraction of sp³-hybridized carbons (Fsp3) is 0.375. The molecule has 0 atom stereocenters. The molecule has 2 aromatic rings. The fourth-order valence-electron chi connectivity index (χ4n) is 2.62. The zero-order valence-corrected chi connectivity index (χ0v) is 10.5. The minimum atomic E-state index is 1.14. The van der Waals surface area contributed by atoms with Crippen LogP contribution in [0, 0.1) is 0 Å². The van der Waals surface area contributed by atoms with Crippen LogP contribution >= 0.6 is 0 Å². The van der Waals surface area contributed by atoms with Crippen molar-refractivity contribution >= 4 is 10.8 Å². The summed E-state index contributed by atoms with van der Waals surface area (Å²) in [6, 6.07) is 11.4. The first kappa shape index (κ1) is 11.2. The van der Waals surface area contributed by atoms with Crippen molar-refractivity contribution in [2.24, 2.45) is 0 Å². The van der Waals surface area contributed by atoms with E-state index in [4.69, 9.17) is 0 Å². The first-order chi connectivity index (χ1) is 7.90. The van der Waals surface area contributed by atoms with Crippen molar-refractivity contribution in [3.8, 4) is 0 Å². The fourth-order valence-corrected chi connectivity index (χ4v) is 2.62. The molecule has 0 aromatic heterocycles. The molecule has 0 saturated carbocycles. The Balaban J connectivity index is 0.000000457. The number of hydrogen-bond donors (Lipinski definition) is 0. The Bertz CT molecular complexity index is 484. The predicted octanol–water partition coefficient (Wildman–Crippen LogP) is 4.53. The summed E-state index contributed by atoms with van der Waals surface area (Å²) >= 11 is 0. The summed E-state index contributed by atoms with van der Waals surface area (Å²) in [7, 11) is 0. The maximum atomic E-state index is 2.32. The number of aryl methyl sites for hydroxylation is 3.